The molecule has 1 heterocycles. The summed E-state index contributed by atoms with van der Waals surface area (Å²) in [7, 11) is 0. The van der Waals surface area contributed by atoms with Gasteiger partial charge in [-0.15, -0.1) is 0 Å². The van der Waals surface area contributed by atoms with E-state index in [0.29, 0.717) is 19.3 Å². The van der Waals surface area contributed by atoms with Crippen molar-refractivity contribution in [2.75, 3.05) is 0 Å². The summed E-state index contributed by atoms with van der Waals surface area (Å²) < 4.78 is 40.2. The van der Waals surface area contributed by atoms with Gasteiger partial charge in [0.1, 0.15) is 5.82 Å². The van der Waals surface area contributed by atoms with E-state index in [0.717, 1.165) is 12.4 Å². The molecule has 0 aromatic carbocycles. The van der Waals surface area contributed by atoms with E-state index in [2.05, 4.69) is 4.98 Å². The molecule has 3 nitrogen and oxygen atoms in total. The number of hydrogen-bond donors (Lipinski definition) is 1. The maximum absolute atomic E-state index is 12.8. The molecule has 1 N–H and O–H groups in total. The zero-order chi connectivity index (χ0) is 14.8. The number of halogens is 3. The summed E-state index contributed by atoms with van der Waals surface area (Å²) in [6.07, 6.45) is 0.360. The summed E-state index contributed by atoms with van der Waals surface area (Å²) in [6.45, 7) is 2.72. The van der Waals surface area contributed by atoms with Gasteiger partial charge in [-0.05, 0) is 32.1 Å². The monoisotopic (exact) mass is 290 g/mol. The first kappa shape index (κ1) is 15.4. The van der Waals surface area contributed by atoms with Crippen LogP contribution in [-0.4, -0.2) is 26.9 Å². The van der Waals surface area contributed by atoms with Crippen LogP contribution in [0.1, 0.15) is 38.4 Å². The molecule has 0 spiro atoms. The summed E-state index contributed by atoms with van der Waals surface area (Å²) >= 11 is 0. The largest absolute Gasteiger partial charge is 0.392 e. The second-order valence-corrected chi connectivity index (χ2v) is 5.57. The van der Waals surface area contributed by atoms with E-state index in [1.54, 1.807) is 6.20 Å². The lowest BCUT2D eigenvalue weighted by atomic mass is 9.77. The molecule has 1 fully saturated rings. The standard InChI is InChI=1S/C14H21F3N2O/c1-2-19-7-6-18-13(19)9-12(20)10-4-3-5-11(8-10)14(15,16)17/h6-7,10-12,20H,2-5,8-9H2,1H3. The lowest BCUT2D eigenvalue weighted by Crippen LogP contribution is -2.34. The fourth-order valence-electron chi connectivity index (χ4n) is 3.05. The molecule has 6 heteroatoms. The van der Waals surface area contributed by atoms with Crippen LogP contribution in [0.5, 0.6) is 0 Å². The molecule has 1 aromatic heterocycles. The molecule has 2 rings (SSSR count). The van der Waals surface area contributed by atoms with Crippen LogP contribution in [0.4, 0.5) is 13.2 Å². The van der Waals surface area contributed by atoms with Crippen molar-refractivity contribution in [3.8, 4) is 0 Å². The maximum Gasteiger partial charge on any atom is 0.391 e. The number of nitrogens with zero attached hydrogens (tertiary/aromatic N) is 2. The lowest BCUT2D eigenvalue weighted by Gasteiger charge is -2.33. The fourth-order valence-corrected chi connectivity index (χ4v) is 3.05. The van der Waals surface area contributed by atoms with Crippen molar-refractivity contribution in [2.24, 2.45) is 11.8 Å². The van der Waals surface area contributed by atoms with Crippen molar-refractivity contribution in [2.45, 2.75) is 57.9 Å². The van der Waals surface area contributed by atoms with Gasteiger partial charge in [-0.3, -0.25) is 0 Å². The van der Waals surface area contributed by atoms with Crippen LogP contribution >= 0.6 is 0 Å². The predicted molar refractivity (Wildman–Crippen MR) is 69.1 cm³/mol. The number of aromatic nitrogens is 2. The molecular weight excluding hydrogens is 269 g/mol. The van der Waals surface area contributed by atoms with Crippen LogP contribution in [0.2, 0.25) is 0 Å². The lowest BCUT2D eigenvalue weighted by molar-refractivity contribution is -0.188. The predicted octanol–water partition coefficient (Wildman–Crippen LogP) is 3.18. The van der Waals surface area contributed by atoms with E-state index in [9.17, 15) is 18.3 Å². The Labute approximate surface area is 116 Å². The minimum atomic E-state index is -4.14. The Hall–Kier alpha value is -1.04. The van der Waals surface area contributed by atoms with Gasteiger partial charge in [-0.25, -0.2) is 4.98 Å². The smallest absolute Gasteiger partial charge is 0.391 e. The second-order valence-electron chi connectivity index (χ2n) is 5.57. The molecule has 1 saturated carbocycles. The Bertz CT molecular complexity index is 430. The van der Waals surface area contributed by atoms with Crippen molar-refractivity contribution in [1.82, 2.24) is 9.55 Å². The Kier molecular flexibility index (Phi) is 4.73. The van der Waals surface area contributed by atoms with Crippen molar-refractivity contribution in [3.05, 3.63) is 18.2 Å². The van der Waals surface area contributed by atoms with Gasteiger partial charge in [-0.1, -0.05) is 6.42 Å². The van der Waals surface area contributed by atoms with Gasteiger partial charge in [0.15, 0.2) is 0 Å². The van der Waals surface area contributed by atoms with E-state index in [1.165, 1.54) is 0 Å². The summed E-state index contributed by atoms with van der Waals surface area (Å²) in [4.78, 5) is 4.17. The summed E-state index contributed by atoms with van der Waals surface area (Å²) in [6, 6.07) is 0. The molecule has 0 amide bonds. The molecular formula is C14H21F3N2O. The van der Waals surface area contributed by atoms with Crippen LogP contribution in [0, 0.1) is 11.8 Å². The van der Waals surface area contributed by atoms with Crippen LogP contribution in [0.25, 0.3) is 0 Å². The Balaban J connectivity index is 1.97. The highest BCUT2D eigenvalue weighted by atomic mass is 19.4. The molecule has 20 heavy (non-hydrogen) atoms. The number of alkyl halides is 3. The van der Waals surface area contributed by atoms with E-state index in [4.69, 9.17) is 0 Å². The van der Waals surface area contributed by atoms with Gasteiger partial charge < -0.3 is 9.67 Å². The molecule has 1 aromatic rings. The number of hydrogen-bond acceptors (Lipinski definition) is 2. The molecule has 0 saturated heterocycles. The topological polar surface area (TPSA) is 38.0 Å². The average Bonchev–Trinajstić information content (AvgIpc) is 2.85. The first-order chi connectivity index (χ1) is 9.41. The zero-order valence-corrected chi connectivity index (χ0v) is 11.6. The molecule has 3 atom stereocenters. The zero-order valence-electron chi connectivity index (χ0n) is 11.6. The van der Waals surface area contributed by atoms with Crippen LogP contribution < -0.4 is 0 Å². The molecule has 3 unspecified atom stereocenters. The van der Waals surface area contributed by atoms with Gasteiger partial charge in [-0.2, -0.15) is 13.2 Å². The molecule has 114 valence electrons. The number of aliphatic hydroxyl groups excluding tert-OH is 1. The van der Waals surface area contributed by atoms with Crippen LogP contribution in [0.3, 0.4) is 0 Å². The van der Waals surface area contributed by atoms with Crippen molar-refractivity contribution < 1.29 is 18.3 Å². The third-order valence-corrected chi connectivity index (χ3v) is 4.26. The Morgan fingerprint density at radius 2 is 2.20 bits per heavy atom. The van der Waals surface area contributed by atoms with Gasteiger partial charge in [0.05, 0.1) is 12.0 Å². The normalized spacial score (nSPS) is 25.6. The van der Waals surface area contributed by atoms with Crippen LogP contribution in [0.15, 0.2) is 12.4 Å². The molecule has 0 bridgehead atoms. The highest BCUT2D eigenvalue weighted by molar-refractivity contribution is 4.96. The number of imidazole rings is 1. The SMILES string of the molecule is CCn1ccnc1CC(O)C1CCCC(C(F)(F)F)C1. The summed E-state index contributed by atoms with van der Waals surface area (Å²) in [5, 5.41) is 10.2. The van der Waals surface area contributed by atoms with Gasteiger partial charge in [0.2, 0.25) is 0 Å². The van der Waals surface area contributed by atoms with Gasteiger partial charge >= 0.3 is 6.18 Å². The summed E-state index contributed by atoms with van der Waals surface area (Å²) in [5.41, 5.74) is 0. The highest BCUT2D eigenvalue weighted by Gasteiger charge is 2.43. The van der Waals surface area contributed by atoms with E-state index in [-0.39, 0.29) is 18.8 Å². The Morgan fingerprint density at radius 1 is 1.45 bits per heavy atom. The van der Waals surface area contributed by atoms with E-state index < -0.39 is 18.2 Å². The maximum atomic E-state index is 12.8. The summed E-state index contributed by atoms with van der Waals surface area (Å²) in [5.74, 6) is -0.798. The number of rotatable bonds is 4. The van der Waals surface area contributed by atoms with Gasteiger partial charge in [0, 0.05) is 25.4 Å². The quantitative estimate of drug-likeness (QED) is 0.925. The molecule has 0 radical (unpaired) electrons. The number of aryl methyl sites for hydroxylation is 1. The van der Waals surface area contributed by atoms with Gasteiger partial charge in [0.25, 0.3) is 0 Å². The Morgan fingerprint density at radius 3 is 2.85 bits per heavy atom. The first-order valence-electron chi connectivity index (χ1n) is 7.16. The molecule has 1 aliphatic rings. The third-order valence-electron chi connectivity index (χ3n) is 4.26. The first-order valence-corrected chi connectivity index (χ1v) is 7.16. The van der Waals surface area contributed by atoms with Crippen molar-refractivity contribution >= 4 is 0 Å². The van der Waals surface area contributed by atoms with Crippen molar-refractivity contribution in [1.29, 1.82) is 0 Å². The van der Waals surface area contributed by atoms with E-state index >= 15 is 0 Å². The van der Waals surface area contributed by atoms with Crippen LogP contribution in [-0.2, 0) is 13.0 Å². The molecule has 1 aliphatic carbocycles. The second kappa shape index (κ2) is 6.16. The average molecular weight is 290 g/mol. The van der Waals surface area contributed by atoms with E-state index in [1.807, 2.05) is 17.7 Å². The highest BCUT2D eigenvalue weighted by Crippen LogP contribution is 2.41. The minimum absolute atomic E-state index is 0.0392. The van der Waals surface area contributed by atoms with Crippen molar-refractivity contribution in [3.63, 3.8) is 0 Å². The fraction of sp³-hybridized carbons (Fsp3) is 0.786. The third kappa shape index (κ3) is 3.53. The number of aliphatic hydroxyl groups is 1. The minimum Gasteiger partial charge on any atom is -0.392 e. The molecule has 0 aliphatic heterocycles.